The first-order valence-corrected chi connectivity index (χ1v) is 11.2. The number of aromatic amines is 1. The molecule has 0 amide bonds. The minimum absolute atomic E-state index is 0.0420. The van der Waals surface area contributed by atoms with Gasteiger partial charge in [-0.15, -0.1) is 5.10 Å². The minimum Gasteiger partial charge on any atom is -0.469 e. The number of aliphatic imine (C=N–C) groups is 1. The first kappa shape index (κ1) is 26.2. The van der Waals surface area contributed by atoms with Gasteiger partial charge in [0, 0.05) is 24.8 Å². The number of pyridine rings is 1. The van der Waals surface area contributed by atoms with Gasteiger partial charge in [0.15, 0.2) is 12.0 Å². The van der Waals surface area contributed by atoms with Crippen molar-refractivity contribution < 1.29 is 18.8 Å². The van der Waals surface area contributed by atoms with Crippen LogP contribution in [0, 0.1) is 30.9 Å². The Morgan fingerprint density at radius 1 is 1.40 bits per heavy atom. The van der Waals surface area contributed by atoms with Gasteiger partial charge in [0.2, 0.25) is 0 Å². The number of aromatic nitrogens is 5. The van der Waals surface area contributed by atoms with Crippen molar-refractivity contribution in [2.45, 2.75) is 45.7 Å². The molecule has 35 heavy (non-hydrogen) atoms. The van der Waals surface area contributed by atoms with E-state index in [1.54, 1.807) is 6.20 Å². The fourth-order valence-electron chi connectivity index (χ4n) is 3.33. The normalized spacial score (nSPS) is 13.7. The van der Waals surface area contributed by atoms with Crippen LogP contribution in [0.5, 0.6) is 5.88 Å². The Balaban J connectivity index is 0.000000320. The lowest BCUT2D eigenvalue weighted by atomic mass is 10.2. The summed E-state index contributed by atoms with van der Waals surface area (Å²) >= 11 is 5.60. The van der Waals surface area contributed by atoms with E-state index in [-0.39, 0.29) is 30.7 Å². The number of rotatable bonds is 9. The molecule has 3 aromatic heterocycles. The van der Waals surface area contributed by atoms with E-state index < -0.39 is 11.1 Å². The molecule has 4 rings (SSSR count). The maximum atomic E-state index is 13.7. The molecular weight excluding hydrogens is 481 g/mol. The molecule has 0 aromatic carbocycles. The summed E-state index contributed by atoms with van der Waals surface area (Å²) in [5.41, 5.74) is 3.41. The number of ether oxygens (including phenoxy) is 2. The van der Waals surface area contributed by atoms with E-state index in [9.17, 15) is 14.5 Å². The van der Waals surface area contributed by atoms with Gasteiger partial charge in [-0.05, 0) is 52.0 Å². The van der Waals surface area contributed by atoms with Gasteiger partial charge in [0.25, 0.3) is 0 Å². The molecule has 0 saturated heterocycles. The Labute approximate surface area is 206 Å². The number of alkyl halides is 1. The number of hydrogen-bond donors (Lipinski definition) is 1. The lowest BCUT2D eigenvalue weighted by molar-refractivity contribution is -0.386. The van der Waals surface area contributed by atoms with E-state index in [1.807, 2.05) is 26.8 Å². The average molecular weight is 508 g/mol. The van der Waals surface area contributed by atoms with Gasteiger partial charge in [0.1, 0.15) is 17.5 Å². The number of nitrogens with one attached hydrogen (secondary N) is 1. The van der Waals surface area contributed by atoms with Crippen LogP contribution < -0.4 is 4.74 Å². The first-order chi connectivity index (χ1) is 16.7. The summed E-state index contributed by atoms with van der Waals surface area (Å²) in [6, 6.07) is 1.87. The maximum absolute atomic E-state index is 13.7. The molecule has 11 nitrogen and oxygen atoms in total. The third kappa shape index (κ3) is 6.20. The largest absolute Gasteiger partial charge is 0.469 e. The van der Waals surface area contributed by atoms with Crippen molar-refractivity contribution in [3.8, 4) is 11.6 Å². The van der Waals surface area contributed by atoms with E-state index in [0.717, 1.165) is 24.0 Å². The topological polar surface area (TPSA) is 133 Å². The van der Waals surface area contributed by atoms with Gasteiger partial charge < -0.3 is 9.47 Å². The molecule has 3 aromatic rings. The zero-order chi connectivity index (χ0) is 25.7. The van der Waals surface area contributed by atoms with Gasteiger partial charge in [-0.1, -0.05) is 11.6 Å². The standard InChI is InChI=1S/C17H21FN4O4.C5H6ClN3/c1-10-6-14(11(2)19-7-10)21-15(12-4-5-12)16(22(23)24)17(20-21)26-9-13(18)8-25-3;1-3-4(6)8-9-5(3)7-2/h6-7,12-13H,4-5,8-9H2,1-3H3;2H2,1H3,(H,8,9). The van der Waals surface area contributed by atoms with Gasteiger partial charge >= 0.3 is 11.6 Å². The van der Waals surface area contributed by atoms with Crippen molar-refractivity contribution in [1.29, 1.82) is 0 Å². The third-order valence-electron chi connectivity index (χ3n) is 5.26. The first-order valence-electron chi connectivity index (χ1n) is 10.8. The van der Waals surface area contributed by atoms with E-state index in [2.05, 4.69) is 32.0 Å². The zero-order valence-electron chi connectivity index (χ0n) is 19.9. The molecule has 1 saturated carbocycles. The lowest BCUT2D eigenvalue weighted by Gasteiger charge is -2.09. The Morgan fingerprint density at radius 2 is 2.11 bits per heavy atom. The van der Waals surface area contributed by atoms with E-state index >= 15 is 0 Å². The molecule has 1 N–H and O–H groups in total. The van der Waals surface area contributed by atoms with Gasteiger partial charge in [-0.3, -0.25) is 20.2 Å². The predicted octanol–water partition coefficient (Wildman–Crippen LogP) is 4.74. The van der Waals surface area contributed by atoms with Crippen LogP contribution in [-0.4, -0.2) is 63.1 Å². The highest BCUT2D eigenvalue weighted by Gasteiger charge is 2.40. The van der Waals surface area contributed by atoms with Gasteiger partial charge in [0.05, 0.1) is 22.9 Å². The molecule has 1 fully saturated rings. The van der Waals surface area contributed by atoms with Crippen LogP contribution in [-0.2, 0) is 4.74 Å². The molecule has 0 aliphatic heterocycles. The van der Waals surface area contributed by atoms with Crippen molar-refractivity contribution in [3.05, 3.63) is 50.0 Å². The molecule has 1 unspecified atom stereocenters. The Bertz CT molecular complexity index is 1210. The highest BCUT2D eigenvalue weighted by molar-refractivity contribution is 6.30. The second-order valence-electron chi connectivity index (χ2n) is 8.11. The van der Waals surface area contributed by atoms with E-state index in [0.29, 0.717) is 28.0 Å². The van der Waals surface area contributed by atoms with Crippen molar-refractivity contribution in [3.63, 3.8) is 0 Å². The minimum atomic E-state index is -1.39. The molecule has 1 aliphatic rings. The smallest absolute Gasteiger partial charge is 0.354 e. The van der Waals surface area contributed by atoms with Crippen LogP contribution in [0.2, 0.25) is 5.15 Å². The van der Waals surface area contributed by atoms with Crippen molar-refractivity contribution in [2.75, 3.05) is 20.3 Å². The number of H-pyrrole nitrogens is 1. The monoisotopic (exact) mass is 507 g/mol. The SMILES string of the molecule is C=Nc1n[nH]c(Cl)c1C.COCC(F)COc1nn(-c2cc(C)cnc2C)c(C2CC2)c1[N+](=O)[O-]. The average Bonchev–Trinajstić information content (AvgIpc) is 3.51. The highest BCUT2D eigenvalue weighted by atomic mass is 35.5. The van der Waals surface area contributed by atoms with Crippen molar-refractivity contribution in [2.24, 2.45) is 4.99 Å². The van der Waals surface area contributed by atoms with Gasteiger partial charge in [-0.2, -0.15) is 5.10 Å². The summed E-state index contributed by atoms with van der Waals surface area (Å²) in [7, 11) is 1.38. The molecule has 3 heterocycles. The fourth-order valence-corrected chi connectivity index (χ4v) is 3.46. The number of aryl methyl sites for hydroxylation is 2. The van der Waals surface area contributed by atoms with E-state index in [1.165, 1.54) is 11.8 Å². The molecule has 188 valence electrons. The van der Waals surface area contributed by atoms with Crippen molar-refractivity contribution in [1.82, 2.24) is 25.0 Å². The summed E-state index contributed by atoms with van der Waals surface area (Å²) in [5.74, 6) is 0.442. The zero-order valence-corrected chi connectivity index (χ0v) is 20.7. The van der Waals surface area contributed by atoms with Gasteiger partial charge in [-0.25, -0.2) is 14.1 Å². The highest BCUT2D eigenvalue weighted by Crippen LogP contribution is 2.48. The number of hydrogen-bond acceptors (Lipinski definition) is 8. The molecule has 1 atom stereocenters. The molecule has 0 radical (unpaired) electrons. The number of methoxy groups -OCH3 is 1. The molecule has 1 aliphatic carbocycles. The number of halogens is 2. The number of nitrogens with zero attached hydrogens (tertiary/aromatic N) is 6. The lowest BCUT2D eigenvalue weighted by Crippen LogP contribution is -2.18. The predicted molar refractivity (Wildman–Crippen MR) is 129 cm³/mol. The molecule has 0 spiro atoms. The summed E-state index contributed by atoms with van der Waals surface area (Å²) < 4.78 is 25.3. The Morgan fingerprint density at radius 3 is 2.63 bits per heavy atom. The van der Waals surface area contributed by atoms with Crippen molar-refractivity contribution >= 4 is 29.8 Å². The molecular formula is C22H27ClFN7O4. The van der Waals surface area contributed by atoms with Crippen LogP contribution >= 0.6 is 11.6 Å². The summed E-state index contributed by atoms with van der Waals surface area (Å²) in [6.07, 6.45) is 2.03. The summed E-state index contributed by atoms with van der Waals surface area (Å²) in [4.78, 5) is 19.1. The summed E-state index contributed by atoms with van der Waals surface area (Å²) in [6.45, 7) is 8.34. The molecule has 13 heteroatoms. The third-order valence-corrected chi connectivity index (χ3v) is 5.63. The Kier molecular flexibility index (Phi) is 8.52. The van der Waals surface area contributed by atoms with Crippen LogP contribution in [0.1, 0.15) is 41.3 Å². The maximum Gasteiger partial charge on any atom is 0.354 e. The van der Waals surface area contributed by atoms with Crippen LogP contribution in [0.3, 0.4) is 0 Å². The summed E-state index contributed by atoms with van der Waals surface area (Å²) in [5, 5.41) is 22.8. The van der Waals surface area contributed by atoms with Crippen LogP contribution in [0.15, 0.2) is 17.3 Å². The molecule has 0 bridgehead atoms. The van der Waals surface area contributed by atoms with Crippen LogP contribution in [0.4, 0.5) is 15.9 Å². The Hall–Kier alpha value is -3.38. The quantitative estimate of drug-likeness (QED) is 0.251. The second-order valence-corrected chi connectivity index (χ2v) is 8.49. The fraction of sp³-hybridized carbons (Fsp3) is 0.455. The van der Waals surface area contributed by atoms with Crippen LogP contribution in [0.25, 0.3) is 5.69 Å². The second kappa shape index (κ2) is 11.4. The van der Waals surface area contributed by atoms with E-state index in [4.69, 9.17) is 21.1 Å². The number of nitro groups is 1.